The predicted molar refractivity (Wildman–Crippen MR) is 152 cm³/mol. The second kappa shape index (κ2) is 12.7. The van der Waals surface area contributed by atoms with Crippen LogP contribution in [0, 0.1) is 35.0 Å². The van der Waals surface area contributed by atoms with Crippen molar-refractivity contribution in [2.45, 2.75) is 51.1 Å². The number of halogens is 7. The minimum Gasteiger partial charge on any atom is -0.429 e. The molecule has 4 aromatic carbocycles. The van der Waals surface area contributed by atoms with E-state index in [0.717, 1.165) is 49.8 Å². The Kier molecular flexibility index (Phi) is 8.95. The second-order valence-corrected chi connectivity index (χ2v) is 10.8. The Morgan fingerprint density at radius 2 is 1.28 bits per heavy atom. The lowest BCUT2D eigenvalue weighted by Gasteiger charge is -2.27. The van der Waals surface area contributed by atoms with E-state index in [0.29, 0.717) is 23.6 Å². The standard InChI is InChI=1S/C35H29F7O/c1-2-3-4-21-5-7-22(8-6-21)24-11-15-29(30(36)17-24)25-12-16-28(31(37)18-25)23-9-13-26(14-10-23)35(41,42)43-27-19-32(38)34(40)33(39)20-27/h3-4,9-22H,2,5-8H2,1H3/b4-3+. The number of rotatable bonds is 8. The van der Waals surface area contributed by atoms with Crippen LogP contribution in [0.1, 0.15) is 56.1 Å². The summed E-state index contributed by atoms with van der Waals surface area (Å²) in [7, 11) is 0. The van der Waals surface area contributed by atoms with Gasteiger partial charge in [0.2, 0.25) is 0 Å². The van der Waals surface area contributed by atoms with Crippen LogP contribution in [0.15, 0.2) is 84.9 Å². The molecule has 0 aliphatic heterocycles. The molecule has 1 aliphatic rings. The summed E-state index contributed by atoms with van der Waals surface area (Å²) in [5, 5.41) is 0. The molecule has 0 heterocycles. The molecule has 0 unspecified atom stereocenters. The first-order valence-corrected chi connectivity index (χ1v) is 14.1. The third-order valence-corrected chi connectivity index (χ3v) is 7.90. The molecule has 4 aromatic rings. The summed E-state index contributed by atoms with van der Waals surface area (Å²) in [6.45, 7) is 2.11. The zero-order valence-electron chi connectivity index (χ0n) is 23.3. The first kappa shape index (κ1) is 30.4. The molecule has 1 saturated carbocycles. The van der Waals surface area contributed by atoms with Crippen molar-refractivity contribution >= 4 is 0 Å². The first-order chi connectivity index (χ1) is 20.6. The summed E-state index contributed by atoms with van der Waals surface area (Å²) in [5.41, 5.74) is 1.23. The van der Waals surface area contributed by atoms with Crippen molar-refractivity contribution in [2.75, 3.05) is 0 Å². The number of allylic oxidation sites excluding steroid dienone is 2. The molecule has 5 rings (SSSR count). The van der Waals surface area contributed by atoms with Crippen LogP contribution >= 0.6 is 0 Å². The molecule has 0 saturated heterocycles. The number of ether oxygens (including phenoxy) is 1. The average molecular weight is 599 g/mol. The van der Waals surface area contributed by atoms with Crippen molar-refractivity contribution < 1.29 is 35.5 Å². The quantitative estimate of drug-likeness (QED) is 0.111. The van der Waals surface area contributed by atoms with E-state index in [1.165, 1.54) is 30.3 Å². The lowest BCUT2D eigenvalue weighted by molar-refractivity contribution is -0.185. The molecule has 224 valence electrons. The molecule has 0 aromatic heterocycles. The third kappa shape index (κ3) is 6.79. The summed E-state index contributed by atoms with van der Waals surface area (Å²) in [6.07, 6.45) is 5.57. The van der Waals surface area contributed by atoms with Gasteiger partial charge in [0.05, 0.1) is 5.56 Å². The van der Waals surface area contributed by atoms with Gasteiger partial charge in [-0.2, -0.15) is 8.78 Å². The van der Waals surface area contributed by atoms with E-state index in [1.807, 2.05) is 6.07 Å². The van der Waals surface area contributed by atoms with Gasteiger partial charge >= 0.3 is 6.11 Å². The number of hydrogen-bond acceptors (Lipinski definition) is 1. The van der Waals surface area contributed by atoms with Crippen molar-refractivity contribution in [1.29, 1.82) is 0 Å². The average Bonchev–Trinajstić information content (AvgIpc) is 2.99. The molecule has 0 spiro atoms. The van der Waals surface area contributed by atoms with Crippen LogP contribution in [-0.4, -0.2) is 0 Å². The van der Waals surface area contributed by atoms with Gasteiger partial charge in [-0.15, -0.1) is 0 Å². The van der Waals surface area contributed by atoms with Crippen molar-refractivity contribution in [2.24, 2.45) is 5.92 Å². The van der Waals surface area contributed by atoms with Crippen LogP contribution < -0.4 is 4.74 Å². The van der Waals surface area contributed by atoms with Crippen LogP contribution in [0.25, 0.3) is 22.3 Å². The normalized spacial score (nSPS) is 17.4. The van der Waals surface area contributed by atoms with E-state index in [9.17, 15) is 22.0 Å². The largest absolute Gasteiger partial charge is 0.429 e. The van der Waals surface area contributed by atoms with Gasteiger partial charge < -0.3 is 4.74 Å². The molecular formula is C35H29F7O. The van der Waals surface area contributed by atoms with E-state index in [2.05, 4.69) is 23.8 Å². The lowest BCUT2D eigenvalue weighted by Crippen LogP contribution is -2.22. The maximum absolute atomic E-state index is 15.2. The Morgan fingerprint density at radius 3 is 1.88 bits per heavy atom. The molecule has 0 amide bonds. The number of hydrogen-bond donors (Lipinski definition) is 0. The molecule has 0 N–H and O–H groups in total. The molecular weight excluding hydrogens is 569 g/mol. The maximum Gasteiger partial charge on any atom is 0.426 e. The smallest absolute Gasteiger partial charge is 0.426 e. The highest BCUT2D eigenvalue weighted by Gasteiger charge is 2.35. The highest BCUT2D eigenvalue weighted by atomic mass is 19.3. The van der Waals surface area contributed by atoms with E-state index in [4.69, 9.17) is 0 Å². The maximum atomic E-state index is 15.2. The highest BCUT2D eigenvalue weighted by Crippen LogP contribution is 2.39. The second-order valence-electron chi connectivity index (χ2n) is 10.8. The summed E-state index contributed by atoms with van der Waals surface area (Å²) < 4.78 is 104. The highest BCUT2D eigenvalue weighted by molar-refractivity contribution is 5.71. The summed E-state index contributed by atoms with van der Waals surface area (Å²) in [4.78, 5) is 0. The molecule has 0 atom stereocenters. The summed E-state index contributed by atoms with van der Waals surface area (Å²) in [6, 6.07) is 14.3. The van der Waals surface area contributed by atoms with Crippen molar-refractivity contribution in [3.63, 3.8) is 0 Å². The van der Waals surface area contributed by atoms with E-state index in [-0.39, 0.29) is 22.6 Å². The predicted octanol–water partition coefficient (Wildman–Crippen LogP) is 11.1. The molecule has 1 nitrogen and oxygen atoms in total. The molecule has 8 heteroatoms. The van der Waals surface area contributed by atoms with E-state index >= 15 is 8.78 Å². The van der Waals surface area contributed by atoms with Gasteiger partial charge in [-0.25, -0.2) is 22.0 Å². The van der Waals surface area contributed by atoms with Gasteiger partial charge in [0.25, 0.3) is 0 Å². The first-order valence-electron chi connectivity index (χ1n) is 14.1. The van der Waals surface area contributed by atoms with Gasteiger partial charge in [-0.05, 0) is 84.9 Å². The minimum atomic E-state index is -4.02. The van der Waals surface area contributed by atoms with Gasteiger partial charge in [-0.3, -0.25) is 0 Å². The van der Waals surface area contributed by atoms with Gasteiger partial charge in [-0.1, -0.05) is 55.5 Å². The lowest BCUT2D eigenvalue weighted by atomic mass is 9.78. The zero-order valence-corrected chi connectivity index (χ0v) is 23.3. The van der Waals surface area contributed by atoms with Crippen molar-refractivity contribution in [1.82, 2.24) is 0 Å². The molecule has 0 bridgehead atoms. The van der Waals surface area contributed by atoms with Gasteiger partial charge in [0, 0.05) is 23.3 Å². The van der Waals surface area contributed by atoms with Crippen molar-refractivity contribution in [3.05, 3.63) is 125 Å². The number of alkyl halides is 2. The van der Waals surface area contributed by atoms with Crippen LogP contribution in [0.2, 0.25) is 0 Å². The van der Waals surface area contributed by atoms with E-state index < -0.39 is 46.5 Å². The zero-order chi connectivity index (χ0) is 30.7. The molecule has 1 fully saturated rings. The summed E-state index contributed by atoms with van der Waals surface area (Å²) >= 11 is 0. The fourth-order valence-electron chi connectivity index (χ4n) is 5.55. The molecule has 0 radical (unpaired) electrons. The van der Waals surface area contributed by atoms with Gasteiger partial charge in [0.15, 0.2) is 17.5 Å². The fraction of sp³-hybridized carbons (Fsp3) is 0.257. The van der Waals surface area contributed by atoms with E-state index in [1.54, 1.807) is 12.1 Å². The topological polar surface area (TPSA) is 9.23 Å². The van der Waals surface area contributed by atoms with Crippen LogP contribution in [-0.2, 0) is 6.11 Å². The third-order valence-electron chi connectivity index (χ3n) is 7.90. The Labute approximate surface area is 245 Å². The molecule has 43 heavy (non-hydrogen) atoms. The van der Waals surface area contributed by atoms with Crippen LogP contribution in [0.4, 0.5) is 30.7 Å². The minimum absolute atomic E-state index is 0.105. The summed E-state index contributed by atoms with van der Waals surface area (Å²) in [5.74, 6) is -6.31. The van der Waals surface area contributed by atoms with Crippen molar-refractivity contribution in [3.8, 4) is 28.0 Å². The SMILES string of the molecule is CC/C=C/C1CCC(c2ccc(-c3ccc(-c4ccc(C(F)(F)Oc5cc(F)c(F)c(F)c5)cc4)c(F)c3)c(F)c2)CC1. The van der Waals surface area contributed by atoms with Crippen LogP contribution in [0.3, 0.4) is 0 Å². The van der Waals surface area contributed by atoms with Crippen LogP contribution in [0.5, 0.6) is 5.75 Å². The Balaban J connectivity index is 1.29. The number of benzene rings is 4. The Morgan fingerprint density at radius 1 is 0.698 bits per heavy atom. The monoisotopic (exact) mass is 598 g/mol. The fourth-order valence-corrected chi connectivity index (χ4v) is 5.55. The Bertz CT molecular complexity index is 1600. The molecule has 1 aliphatic carbocycles. The van der Waals surface area contributed by atoms with Gasteiger partial charge in [0.1, 0.15) is 17.4 Å². The Hall–Kier alpha value is -4.07.